The zero-order valence-corrected chi connectivity index (χ0v) is 15.7. The number of aryl methyl sites for hydroxylation is 1. The molecule has 0 fully saturated rings. The molecule has 0 saturated carbocycles. The molecule has 0 saturated heterocycles. The first kappa shape index (κ1) is 20.4. The van der Waals surface area contributed by atoms with Gasteiger partial charge in [0.05, 0.1) is 0 Å². The smallest absolute Gasteiger partial charge is 0.191 e. The molecule has 5 nitrogen and oxygen atoms in total. The Morgan fingerprint density at radius 2 is 2.12 bits per heavy atom. The normalized spacial score (nSPS) is 13.2. The number of aromatic nitrogens is 1. The zero-order chi connectivity index (χ0) is 17.8. The second-order valence-electron chi connectivity index (χ2n) is 6.71. The zero-order valence-electron chi connectivity index (χ0n) is 15.7. The fourth-order valence-corrected chi connectivity index (χ4v) is 2.79. The molecule has 1 atom stereocenters. The number of nitrogens with one attached hydrogen (secondary N) is 2. The minimum Gasteiger partial charge on any atom is -0.396 e. The van der Waals surface area contributed by atoms with E-state index >= 15 is 0 Å². The Balaban J connectivity index is 2.53. The first-order valence-corrected chi connectivity index (χ1v) is 9.09. The first-order valence-electron chi connectivity index (χ1n) is 9.09. The summed E-state index contributed by atoms with van der Waals surface area (Å²) in [6.07, 6.45) is 6.61. The van der Waals surface area contributed by atoms with E-state index < -0.39 is 0 Å². The Morgan fingerprint density at radius 1 is 1.33 bits per heavy atom. The van der Waals surface area contributed by atoms with Crippen molar-refractivity contribution in [3.8, 4) is 0 Å². The molecule has 0 aliphatic heterocycles. The SMILES string of the molecule is CCNC(=NCC(CCO)CC(C)C)NCCc1ccncc1C. The van der Waals surface area contributed by atoms with Crippen LogP contribution in [-0.4, -0.2) is 42.3 Å². The summed E-state index contributed by atoms with van der Waals surface area (Å²) in [6.45, 7) is 11.3. The lowest BCUT2D eigenvalue weighted by Gasteiger charge is -2.17. The Labute approximate surface area is 147 Å². The number of aliphatic imine (C=N–C) groups is 1. The number of guanidine groups is 1. The molecule has 0 aliphatic rings. The van der Waals surface area contributed by atoms with Gasteiger partial charge in [-0.25, -0.2) is 0 Å². The number of aliphatic hydroxyl groups excluding tert-OH is 1. The summed E-state index contributed by atoms with van der Waals surface area (Å²) in [7, 11) is 0. The third-order valence-corrected chi connectivity index (χ3v) is 4.02. The van der Waals surface area contributed by atoms with Gasteiger partial charge in [0.25, 0.3) is 0 Å². The second kappa shape index (κ2) is 11.8. The van der Waals surface area contributed by atoms with Crippen LogP contribution in [0.5, 0.6) is 0 Å². The van der Waals surface area contributed by atoms with Gasteiger partial charge in [-0.15, -0.1) is 0 Å². The third kappa shape index (κ3) is 8.29. The van der Waals surface area contributed by atoms with E-state index in [0.29, 0.717) is 11.8 Å². The van der Waals surface area contributed by atoms with Crippen LogP contribution < -0.4 is 10.6 Å². The number of pyridine rings is 1. The molecule has 1 rings (SSSR count). The van der Waals surface area contributed by atoms with Gasteiger partial charge in [-0.1, -0.05) is 13.8 Å². The molecule has 5 heteroatoms. The van der Waals surface area contributed by atoms with Gasteiger partial charge in [-0.2, -0.15) is 0 Å². The van der Waals surface area contributed by atoms with Crippen molar-refractivity contribution in [2.45, 2.75) is 47.0 Å². The van der Waals surface area contributed by atoms with Crippen LogP contribution in [0.1, 0.15) is 44.7 Å². The van der Waals surface area contributed by atoms with Crippen LogP contribution in [0.3, 0.4) is 0 Å². The second-order valence-corrected chi connectivity index (χ2v) is 6.71. The van der Waals surface area contributed by atoms with Crippen LogP contribution in [0.2, 0.25) is 0 Å². The molecule has 1 unspecified atom stereocenters. The van der Waals surface area contributed by atoms with Crippen molar-refractivity contribution >= 4 is 5.96 Å². The molecule has 24 heavy (non-hydrogen) atoms. The van der Waals surface area contributed by atoms with Crippen LogP contribution >= 0.6 is 0 Å². The maximum Gasteiger partial charge on any atom is 0.191 e. The van der Waals surface area contributed by atoms with Crippen molar-refractivity contribution in [3.05, 3.63) is 29.6 Å². The topological polar surface area (TPSA) is 69.5 Å². The molecular weight excluding hydrogens is 300 g/mol. The predicted octanol–water partition coefficient (Wildman–Crippen LogP) is 2.53. The Hall–Kier alpha value is -1.62. The van der Waals surface area contributed by atoms with E-state index in [1.807, 2.05) is 12.4 Å². The lowest BCUT2D eigenvalue weighted by Crippen LogP contribution is -2.38. The van der Waals surface area contributed by atoms with Crippen molar-refractivity contribution in [2.24, 2.45) is 16.8 Å². The van der Waals surface area contributed by atoms with Crippen LogP contribution in [0, 0.1) is 18.8 Å². The molecular formula is C19H34N4O. The molecule has 0 amide bonds. The molecule has 0 bridgehead atoms. The summed E-state index contributed by atoms with van der Waals surface area (Å²) >= 11 is 0. The van der Waals surface area contributed by atoms with Crippen molar-refractivity contribution < 1.29 is 5.11 Å². The van der Waals surface area contributed by atoms with Crippen molar-refractivity contribution in [3.63, 3.8) is 0 Å². The number of hydrogen-bond acceptors (Lipinski definition) is 3. The van der Waals surface area contributed by atoms with Crippen LogP contribution in [0.25, 0.3) is 0 Å². The average molecular weight is 335 g/mol. The van der Waals surface area contributed by atoms with Gasteiger partial charge >= 0.3 is 0 Å². The number of hydrogen-bond donors (Lipinski definition) is 3. The highest BCUT2D eigenvalue weighted by molar-refractivity contribution is 5.79. The molecule has 0 spiro atoms. The van der Waals surface area contributed by atoms with Gasteiger partial charge in [0.2, 0.25) is 0 Å². The molecule has 1 aromatic rings. The molecule has 0 aromatic carbocycles. The first-order chi connectivity index (χ1) is 11.6. The number of aliphatic hydroxyl groups is 1. The maximum atomic E-state index is 9.23. The van der Waals surface area contributed by atoms with Gasteiger partial charge < -0.3 is 15.7 Å². The highest BCUT2D eigenvalue weighted by atomic mass is 16.3. The largest absolute Gasteiger partial charge is 0.396 e. The van der Waals surface area contributed by atoms with E-state index in [1.54, 1.807) is 0 Å². The predicted molar refractivity (Wildman–Crippen MR) is 101 cm³/mol. The van der Waals surface area contributed by atoms with Gasteiger partial charge in [0, 0.05) is 38.6 Å². The van der Waals surface area contributed by atoms with Gasteiger partial charge in [-0.05, 0) is 62.1 Å². The minimum absolute atomic E-state index is 0.234. The molecule has 0 radical (unpaired) electrons. The number of rotatable bonds is 10. The lowest BCUT2D eigenvalue weighted by atomic mass is 9.94. The van der Waals surface area contributed by atoms with E-state index in [0.717, 1.165) is 44.9 Å². The van der Waals surface area contributed by atoms with Gasteiger partial charge in [-0.3, -0.25) is 9.98 Å². The highest BCUT2D eigenvalue weighted by Crippen LogP contribution is 2.15. The molecule has 3 N–H and O–H groups in total. The quantitative estimate of drug-likeness (QED) is 0.454. The van der Waals surface area contributed by atoms with Gasteiger partial charge in [0.15, 0.2) is 5.96 Å². The molecule has 1 heterocycles. The van der Waals surface area contributed by atoms with Crippen molar-refractivity contribution in [2.75, 3.05) is 26.2 Å². The molecule has 1 aromatic heterocycles. The summed E-state index contributed by atoms with van der Waals surface area (Å²) in [4.78, 5) is 8.84. The van der Waals surface area contributed by atoms with Crippen LogP contribution in [0.4, 0.5) is 0 Å². The monoisotopic (exact) mass is 334 g/mol. The fourth-order valence-electron chi connectivity index (χ4n) is 2.79. The Morgan fingerprint density at radius 3 is 2.75 bits per heavy atom. The summed E-state index contributed by atoms with van der Waals surface area (Å²) in [6, 6.07) is 2.07. The van der Waals surface area contributed by atoms with E-state index in [1.165, 1.54) is 11.1 Å². The van der Waals surface area contributed by atoms with Crippen molar-refractivity contribution in [1.29, 1.82) is 0 Å². The summed E-state index contributed by atoms with van der Waals surface area (Å²) in [5, 5.41) is 15.9. The lowest BCUT2D eigenvalue weighted by molar-refractivity contribution is 0.245. The summed E-state index contributed by atoms with van der Waals surface area (Å²) in [5.41, 5.74) is 2.53. The summed E-state index contributed by atoms with van der Waals surface area (Å²) < 4.78 is 0. The standard InChI is InChI=1S/C19H34N4O/c1-5-21-19(23-14-17(8-11-24)12-15(2)3)22-10-7-18-6-9-20-13-16(18)4/h6,9,13,15,17,24H,5,7-8,10-12,14H2,1-4H3,(H2,21,22,23). The Kier molecular flexibility index (Phi) is 10.1. The minimum atomic E-state index is 0.234. The average Bonchev–Trinajstić information content (AvgIpc) is 2.54. The molecule has 0 aliphatic carbocycles. The van der Waals surface area contributed by atoms with E-state index in [-0.39, 0.29) is 6.61 Å². The number of nitrogens with zero attached hydrogens (tertiary/aromatic N) is 2. The van der Waals surface area contributed by atoms with Crippen LogP contribution in [0.15, 0.2) is 23.5 Å². The fraction of sp³-hybridized carbons (Fsp3) is 0.684. The van der Waals surface area contributed by atoms with E-state index in [4.69, 9.17) is 4.99 Å². The summed E-state index contributed by atoms with van der Waals surface area (Å²) in [5.74, 6) is 1.92. The molecule has 136 valence electrons. The highest BCUT2D eigenvalue weighted by Gasteiger charge is 2.10. The van der Waals surface area contributed by atoms with Crippen molar-refractivity contribution in [1.82, 2.24) is 15.6 Å². The van der Waals surface area contributed by atoms with Gasteiger partial charge in [0.1, 0.15) is 0 Å². The third-order valence-electron chi connectivity index (χ3n) is 4.02. The van der Waals surface area contributed by atoms with E-state index in [2.05, 4.69) is 49.4 Å². The van der Waals surface area contributed by atoms with E-state index in [9.17, 15) is 5.11 Å². The Bertz CT molecular complexity index is 488. The maximum absolute atomic E-state index is 9.23. The van der Waals surface area contributed by atoms with Crippen LogP contribution in [-0.2, 0) is 6.42 Å².